The minimum Gasteiger partial charge on any atom is -0.491 e. The summed E-state index contributed by atoms with van der Waals surface area (Å²) in [6.07, 6.45) is 4.33. The average molecular weight is 364 g/mol. The van der Waals surface area contributed by atoms with Gasteiger partial charge in [-0.25, -0.2) is 0 Å². The maximum atomic E-state index is 5.73. The number of epoxide rings is 2. The van der Waals surface area contributed by atoms with Crippen molar-refractivity contribution in [1.29, 1.82) is 0 Å². The predicted molar refractivity (Wildman–Crippen MR) is 105 cm³/mol. The number of ether oxygens (including phenoxy) is 4. The van der Waals surface area contributed by atoms with Crippen molar-refractivity contribution in [2.45, 2.75) is 17.6 Å². The van der Waals surface area contributed by atoms with E-state index in [1.807, 2.05) is 36.4 Å². The second-order valence-electron chi connectivity index (χ2n) is 6.86. The van der Waals surface area contributed by atoms with Gasteiger partial charge in [0.2, 0.25) is 0 Å². The van der Waals surface area contributed by atoms with Gasteiger partial charge in [-0.1, -0.05) is 36.4 Å². The van der Waals surface area contributed by atoms with Gasteiger partial charge in [-0.15, -0.1) is 13.2 Å². The summed E-state index contributed by atoms with van der Waals surface area (Å²) < 4.78 is 21.8. The highest BCUT2D eigenvalue weighted by Crippen LogP contribution is 2.36. The summed E-state index contributed by atoms with van der Waals surface area (Å²) in [5.74, 6) is 1.67. The first-order valence-corrected chi connectivity index (χ1v) is 9.20. The van der Waals surface area contributed by atoms with E-state index in [1.54, 1.807) is 0 Å². The zero-order chi connectivity index (χ0) is 18.7. The Bertz CT molecular complexity index is 717. The Morgan fingerprint density at radius 3 is 1.44 bits per heavy atom. The summed E-state index contributed by atoms with van der Waals surface area (Å²) in [6.45, 7) is 10.9. The molecule has 27 heavy (non-hydrogen) atoms. The van der Waals surface area contributed by atoms with E-state index in [0.29, 0.717) is 13.2 Å². The molecule has 2 aromatic carbocycles. The van der Waals surface area contributed by atoms with Crippen LogP contribution in [0.25, 0.3) is 0 Å². The van der Waals surface area contributed by atoms with Crippen molar-refractivity contribution in [2.75, 3.05) is 26.4 Å². The zero-order valence-electron chi connectivity index (χ0n) is 15.3. The number of allylic oxidation sites excluding steroid dienone is 2. The maximum absolute atomic E-state index is 5.73. The van der Waals surface area contributed by atoms with Crippen molar-refractivity contribution < 1.29 is 18.9 Å². The second kappa shape index (κ2) is 7.59. The third-order valence-electron chi connectivity index (χ3n) is 4.98. The largest absolute Gasteiger partial charge is 0.491 e. The van der Waals surface area contributed by atoms with Crippen LogP contribution in [0, 0.1) is 0 Å². The van der Waals surface area contributed by atoms with Crippen LogP contribution in [-0.4, -0.2) is 38.6 Å². The van der Waals surface area contributed by atoms with Crippen LogP contribution >= 0.6 is 0 Å². The normalized spacial score (nSPS) is 20.6. The summed E-state index contributed by atoms with van der Waals surface area (Å²) in [6, 6.07) is 16.1. The minimum absolute atomic E-state index is 0.248. The second-order valence-corrected chi connectivity index (χ2v) is 6.86. The Hall–Kier alpha value is -2.56. The molecule has 2 aromatic rings. The van der Waals surface area contributed by atoms with E-state index < -0.39 is 5.41 Å². The quantitative estimate of drug-likeness (QED) is 0.474. The first kappa shape index (κ1) is 17.8. The molecule has 4 rings (SSSR count). The van der Waals surface area contributed by atoms with Crippen LogP contribution in [0.4, 0.5) is 0 Å². The SMILES string of the molecule is C=CC(C=C)(c1ccc(OCC2CO2)cc1)c1ccc(OCC2CO2)cc1. The van der Waals surface area contributed by atoms with Crippen LogP contribution in [0.1, 0.15) is 11.1 Å². The van der Waals surface area contributed by atoms with Crippen molar-refractivity contribution >= 4 is 0 Å². The topological polar surface area (TPSA) is 43.5 Å². The van der Waals surface area contributed by atoms with E-state index in [4.69, 9.17) is 18.9 Å². The molecule has 2 unspecified atom stereocenters. The van der Waals surface area contributed by atoms with Gasteiger partial charge in [0.15, 0.2) is 0 Å². The van der Waals surface area contributed by atoms with Crippen molar-refractivity contribution in [1.82, 2.24) is 0 Å². The number of rotatable bonds is 10. The summed E-state index contributed by atoms with van der Waals surface area (Å²) in [7, 11) is 0. The summed E-state index contributed by atoms with van der Waals surface area (Å²) >= 11 is 0. The predicted octanol–water partition coefficient (Wildman–Crippen LogP) is 3.90. The standard InChI is InChI=1S/C23H24O4/c1-3-23(4-2,17-5-9-19(10-6-17)24-13-21-15-26-21)18-7-11-20(12-8-18)25-14-22-16-27-22/h3-12,21-22H,1-2,13-16H2. The van der Waals surface area contributed by atoms with Gasteiger partial charge in [-0.05, 0) is 35.4 Å². The first-order chi connectivity index (χ1) is 13.2. The van der Waals surface area contributed by atoms with E-state index in [9.17, 15) is 0 Å². The number of hydrogen-bond acceptors (Lipinski definition) is 4. The lowest BCUT2D eigenvalue weighted by Gasteiger charge is -2.28. The highest BCUT2D eigenvalue weighted by atomic mass is 16.6. The third kappa shape index (κ3) is 4.07. The van der Waals surface area contributed by atoms with Crippen LogP contribution in [-0.2, 0) is 14.9 Å². The fourth-order valence-electron chi connectivity index (χ4n) is 3.08. The fraction of sp³-hybridized carbons (Fsp3) is 0.304. The van der Waals surface area contributed by atoms with Crippen molar-refractivity contribution in [3.63, 3.8) is 0 Å². The van der Waals surface area contributed by atoms with Gasteiger partial charge in [0, 0.05) is 0 Å². The lowest BCUT2D eigenvalue weighted by molar-refractivity contribution is 0.263. The Morgan fingerprint density at radius 2 is 1.15 bits per heavy atom. The summed E-state index contributed by atoms with van der Waals surface area (Å²) in [4.78, 5) is 0. The Balaban J connectivity index is 1.51. The molecule has 0 N–H and O–H groups in total. The molecule has 2 atom stereocenters. The molecule has 0 bridgehead atoms. The molecule has 0 aromatic heterocycles. The first-order valence-electron chi connectivity index (χ1n) is 9.20. The van der Waals surface area contributed by atoms with Crippen LogP contribution < -0.4 is 9.47 Å². The van der Waals surface area contributed by atoms with Gasteiger partial charge in [-0.3, -0.25) is 0 Å². The van der Waals surface area contributed by atoms with E-state index in [2.05, 4.69) is 37.4 Å². The molecule has 0 radical (unpaired) electrons. The van der Waals surface area contributed by atoms with E-state index >= 15 is 0 Å². The molecule has 4 nitrogen and oxygen atoms in total. The molecule has 2 saturated heterocycles. The Labute approximate surface area is 160 Å². The molecule has 2 fully saturated rings. The smallest absolute Gasteiger partial charge is 0.119 e. The van der Waals surface area contributed by atoms with Crippen LogP contribution in [0.15, 0.2) is 73.8 Å². The number of hydrogen-bond donors (Lipinski definition) is 0. The molecule has 4 heteroatoms. The molecule has 0 saturated carbocycles. The van der Waals surface area contributed by atoms with Crippen LogP contribution in [0.5, 0.6) is 11.5 Å². The highest BCUT2D eigenvalue weighted by molar-refractivity contribution is 5.50. The average Bonchev–Trinajstić information content (AvgIpc) is 3.63. The molecule has 2 aliphatic rings. The van der Waals surface area contributed by atoms with Crippen molar-refractivity contribution in [2.24, 2.45) is 0 Å². The Kier molecular flexibility index (Phi) is 5.01. The van der Waals surface area contributed by atoms with Gasteiger partial charge >= 0.3 is 0 Å². The molecule has 2 aliphatic heterocycles. The van der Waals surface area contributed by atoms with Gasteiger partial charge in [0.1, 0.15) is 36.9 Å². The molecule has 0 amide bonds. The van der Waals surface area contributed by atoms with Gasteiger partial charge < -0.3 is 18.9 Å². The fourth-order valence-corrected chi connectivity index (χ4v) is 3.08. The van der Waals surface area contributed by atoms with E-state index in [-0.39, 0.29) is 12.2 Å². The monoisotopic (exact) mass is 364 g/mol. The van der Waals surface area contributed by atoms with Crippen LogP contribution in [0.3, 0.4) is 0 Å². The summed E-state index contributed by atoms with van der Waals surface area (Å²) in [5, 5.41) is 0. The molecule has 0 aliphatic carbocycles. The van der Waals surface area contributed by atoms with E-state index in [0.717, 1.165) is 35.8 Å². The van der Waals surface area contributed by atoms with Crippen LogP contribution in [0.2, 0.25) is 0 Å². The zero-order valence-corrected chi connectivity index (χ0v) is 15.3. The Morgan fingerprint density at radius 1 is 0.778 bits per heavy atom. The lowest BCUT2D eigenvalue weighted by atomic mass is 9.75. The molecule has 0 spiro atoms. The molecule has 2 heterocycles. The van der Waals surface area contributed by atoms with Crippen molar-refractivity contribution in [3.8, 4) is 11.5 Å². The van der Waals surface area contributed by atoms with Gasteiger partial charge in [0.25, 0.3) is 0 Å². The molecular formula is C23H24O4. The van der Waals surface area contributed by atoms with Gasteiger partial charge in [0.05, 0.1) is 18.6 Å². The molecule has 140 valence electrons. The lowest BCUT2D eigenvalue weighted by Crippen LogP contribution is -2.22. The van der Waals surface area contributed by atoms with Gasteiger partial charge in [-0.2, -0.15) is 0 Å². The minimum atomic E-state index is -0.476. The third-order valence-corrected chi connectivity index (χ3v) is 4.98. The number of benzene rings is 2. The maximum Gasteiger partial charge on any atom is 0.119 e. The molecular weight excluding hydrogens is 340 g/mol. The summed E-state index contributed by atoms with van der Waals surface area (Å²) in [5.41, 5.74) is 1.70. The highest BCUT2D eigenvalue weighted by Gasteiger charge is 2.28. The van der Waals surface area contributed by atoms with E-state index in [1.165, 1.54) is 0 Å². The van der Waals surface area contributed by atoms with Crippen molar-refractivity contribution in [3.05, 3.63) is 85.0 Å².